The molecule has 1 aromatic carbocycles. The molecule has 0 bridgehead atoms. The van der Waals surface area contributed by atoms with Crippen molar-refractivity contribution in [3.05, 3.63) is 29.6 Å². The second-order valence-electron chi connectivity index (χ2n) is 5.28. The highest BCUT2D eigenvalue weighted by molar-refractivity contribution is 9.08. The number of alkyl halides is 1. The van der Waals surface area contributed by atoms with E-state index in [4.69, 9.17) is 0 Å². The molecule has 3 rings (SSSR count). The van der Waals surface area contributed by atoms with E-state index in [1.807, 2.05) is 12.1 Å². The molecule has 1 aromatic rings. The summed E-state index contributed by atoms with van der Waals surface area (Å²) >= 11 is 3.36. The van der Waals surface area contributed by atoms with Crippen LogP contribution >= 0.6 is 15.9 Å². The van der Waals surface area contributed by atoms with E-state index in [-0.39, 0.29) is 5.82 Å². The van der Waals surface area contributed by atoms with Crippen LogP contribution in [-0.4, -0.2) is 13.1 Å². The maximum atomic E-state index is 14.0. The van der Waals surface area contributed by atoms with E-state index in [2.05, 4.69) is 20.8 Å². The van der Waals surface area contributed by atoms with E-state index in [1.165, 1.54) is 19.3 Å². The van der Waals surface area contributed by atoms with Gasteiger partial charge in [-0.3, -0.25) is 0 Å². The Balaban J connectivity index is 1.81. The largest absolute Gasteiger partial charge is 0.369 e. The van der Waals surface area contributed by atoms with Gasteiger partial charge in [-0.25, -0.2) is 4.39 Å². The zero-order valence-electron chi connectivity index (χ0n) is 9.83. The van der Waals surface area contributed by atoms with Gasteiger partial charge in [0.05, 0.1) is 5.69 Å². The molecule has 1 aliphatic heterocycles. The Morgan fingerprint density at radius 2 is 1.94 bits per heavy atom. The van der Waals surface area contributed by atoms with Crippen LogP contribution in [0.2, 0.25) is 0 Å². The Bertz CT molecular complexity index is 409. The first kappa shape index (κ1) is 11.5. The highest BCUT2D eigenvalue weighted by Crippen LogP contribution is 2.40. The van der Waals surface area contributed by atoms with Gasteiger partial charge in [0, 0.05) is 18.4 Å². The summed E-state index contributed by atoms with van der Waals surface area (Å²) in [5.74, 6) is 1.55. The fourth-order valence-corrected chi connectivity index (χ4v) is 3.67. The summed E-state index contributed by atoms with van der Waals surface area (Å²) < 4.78 is 14.0. The molecule has 2 atom stereocenters. The Labute approximate surface area is 110 Å². The molecule has 0 radical (unpaired) electrons. The Hall–Kier alpha value is -0.570. The normalized spacial score (nSPS) is 27.5. The summed E-state index contributed by atoms with van der Waals surface area (Å²) in [6, 6.07) is 5.60. The number of benzene rings is 1. The summed E-state index contributed by atoms with van der Waals surface area (Å²) in [6.07, 6.45) is 4.04. The number of rotatable bonds is 2. The molecule has 1 heterocycles. The van der Waals surface area contributed by atoms with Crippen LogP contribution in [0, 0.1) is 17.7 Å². The molecule has 0 N–H and O–H groups in total. The van der Waals surface area contributed by atoms with Gasteiger partial charge in [-0.2, -0.15) is 0 Å². The summed E-state index contributed by atoms with van der Waals surface area (Å²) in [5.41, 5.74) is 1.80. The molecule has 0 aromatic heterocycles. The van der Waals surface area contributed by atoms with Crippen molar-refractivity contribution in [2.24, 2.45) is 11.8 Å². The number of fused-ring (bicyclic) bond motifs is 1. The van der Waals surface area contributed by atoms with Crippen LogP contribution in [-0.2, 0) is 5.33 Å². The van der Waals surface area contributed by atoms with Crippen LogP contribution < -0.4 is 4.90 Å². The van der Waals surface area contributed by atoms with Gasteiger partial charge in [0.15, 0.2) is 0 Å². The summed E-state index contributed by atoms with van der Waals surface area (Å²) in [5, 5.41) is 0.718. The van der Waals surface area contributed by atoms with E-state index < -0.39 is 0 Å². The van der Waals surface area contributed by atoms with Gasteiger partial charge in [-0.05, 0) is 42.4 Å². The topological polar surface area (TPSA) is 3.24 Å². The Morgan fingerprint density at radius 1 is 1.24 bits per heavy atom. The number of halogens is 2. The predicted octanol–water partition coefficient (Wildman–Crippen LogP) is 3.96. The maximum absolute atomic E-state index is 14.0. The number of anilines is 1. The van der Waals surface area contributed by atoms with Crippen molar-refractivity contribution < 1.29 is 4.39 Å². The molecule has 2 unspecified atom stereocenters. The van der Waals surface area contributed by atoms with Crippen molar-refractivity contribution in [2.45, 2.75) is 24.6 Å². The number of hydrogen-bond donors (Lipinski definition) is 0. The average molecular weight is 298 g/mol. The second kappa shape index (κ2) is 4.60. The van der Waals surface area contributed by atoms with E-state index in [0.717, 1.165) is 41.5 Å². The van der Waals surface area contributed by atoms with Crippen LogP contribution in [0.15, 0.2) is 18.2 Å². The molecule has 1 saturated carbocycles. The highest BCUT2D eigenvalue weighted by atomic mass is 79.9. The number of nitrogens with zero attached hydrogens (tertiary/aromatic N) is 1. The Kier molecular flexibility index (Phi) is 3.12. The molecule has 17 heavy (non-hydrogen) atoms. The van der Waals surface area contributed by atoms with Crippen LogP contribution in [0.5, 0.6) is 0 Å². The predicted molar refractivity (Wildman–Crippen MR) is 72.1 cm³/mol. The number of hydrogen-bond acceptors (Lipinski definition) is 1. The van der Waals surface area contributed by atoms with Crippen molar-refractivity contribution in [3.63, 3.8) is 0 Å². The first-order valence-corrected chi connectivity index (χ1v) is 7.49. The minimum atomic E-state index is -0.0677. The van der Waals surface area contributed by atoms with Gasteiger partial charge in [0.1, 0.15) is 5.82 Å². The molecular weight excluding hydrogens is 281 g/mol. The van der Waals surface area contributed by atoms with Crippen molar-refractivity contribution in [1.29, 1.82) is 0 Å². The van der Waals surface area contributed by atoms with E-state index >= 15 is 0 Å². The highest BCUT2D eigenvalue weighted by Gasteiger charge is 2.36. The van der Waals surface area contributed by atoms with E-state index in [9.17, 15) is 4.39 Å². The lowest BCUT2D eigenvalue weighted by atomic mass is 10.0. The lowest BCUT2D eigenvalue weighted by Crippen LogP contribution is -2.21. The fourth-order valence-electron chi connectivity index (χ4n) is 3.32. The summed E-state index contributed by atoms with van der Waals surface area (Å²) in [6.45, 7) is 2.10. The summed E-state index contributed by atoms with van der Waals surface area (Å²) in [7, 11) is 0. The van der Waals surface area contributed by atoms with Gasteiger partial charge in [-0.15, -0.1) is 0 Å². The molecule has 0 amide bonds. The molecular formula is C14H17BrFN. The first-order chi connectivity index (χ1) is 8.28. The van der Waals surface area contributed by atoms with Crippen molar-refractivity contribution >= 4 is 21.6 Å². The molecule has 2 aliphatic rings. The zero-order valence-corrected chi connectivity index (χ0v) is 11.4. The van der Waals surface area contributed by atoms with E-state index in [1.54, 1.807) is 6.07 Å². The Morgan fingerprint density at radius 3 is 2.53 bits per heavy atom. The first-order valence-electron chi connectivity index (χ1n) is 6.37. The lowest BCUT2D eigenvalue weighted by molar-refractivity contribution is 0.494. The fraction of sp³-hybridized carbons (Fsp3) is 0.571. The van der Waals surface area contributed by atoms with Gasteiger partial charge in [0.25, 0.3) is 0 Å². The standard InChI is InChI=1S/C14H17BrFN/c15-7-10-4-5-14(13(16)6-10)17-8-11-2-1-3-12(11)9-17/h4-6,11-12H,1-3,7-9H2. The molecule has 3 heteroatoms. The molecule has 0 spiro atoms. The van der Waals surface area contributed by atoms with Gasteiger partial charge in [-0.1, -0.05) is 28.4 Å². The van der Waals surface area contributed by atoms with E-state index in [0.29, 0.717) is 0 Å². The summed E-state index contributed by atoms with van der Waals surface area (Å²) in [4.78, 5) is 2.24. The molecule has 1 saturated heterocycles. The van der Waals surface area contributed by atoms with Crippen molar-refractivity contribution in [2.75, 3.05) is 18.0 Å². The van der Waals surface area contributed by atoms with Crippen LogP contribution in [0.3, 0.4) is 0 Å². The van der Waals surface area contributed by atoms with Crippen LogP contribution in [0.25, 0.3) is 0 Å². The average Bonchev–Trinajstić information content (AvgIpc) is 2.89. The smallest absolute Gasteiger partial charge is 0.146 e. The SMILES string of the molecule is Fc1cc(CBr)ccc1N1CC2CCCC2C1. The second-order valence-corrected chi connectivity index (χ2v) is 5.84. The van der Waals surface area contributed by atoms with Crippen molar-refractivity contribution in [1.82, 2.24) is 0 Å². The van der Waals surface area contributed by atoms with Crippen LogP contribution in [0.4, 0.5) is 10.1 Å². The lowest BCUT2D eigenvalue weighted by Gasteiger charge is -2.20. The minimum Gasteiger partial charge on any atom is -0.369 e. The third-order valence-electron chi connectivity index (χ3n) is 4.23. The third kappa shape index (κ3) is 2.10. The molecule has 1 aliphatic carbocycles. The minimum absolute atomic E-state index is 0.0677. The molecule has 1 nitrogen and oxygen atoms in total. The van der Waals surface area contributed by atoms with Gasteiger partial charge in [0.2, 0.25) is 0 Å². The monoisotopic (exact) mass is 297 g/mol. The molecule has 92 valence electrons. The van der Waals surface area contributed by atoms with Crippen molar-refractivity contribution in [3.8, 4) is 0 Å². The van der Waals surface area contributed by atoms with Crippen LogP contribution in [0.1, 0.15) is 24.8 Å². The quantitative estimate of drug-likeness (QED) is 0.747. The third-order valence-corrected chi connectivity index (χ3v) is 4.88. The maximum Gasteiger partial charge on any atom is 0.146 e. The molecule has 2 fully saturated rings. The zero-order chi connectivity index (χ0) is 11.8. The van der Waals surface area contributed by atoms with Gasteiger partial charge >= 0.3 is 0 Å². The van der Waals surface area contributed by atoms with Gasteiger partial charge < -0.3 is 4.90 Å².